The molecular weight excluding hydrogens is 354 g/mol. The number of amides is 1. The number of para-hydroxylation sites is 1. The predicted molar refractivity (Wildman–Crippen MR) is 107 cm³/mol. The fourth-order valence-electron chi connectivity index (χ4n) is 3.90. The first-order chi connectivity index (χ1) is 13.7. The Hall–Kier alpha value is -3.15. The fourth-order valence-corrected chi connectivity index (χ4v) is 3.90. The summed E-state index contributed by atoms with van der Waals surface area (Å²) in [5, 5.41) is 0.534. The molecule has 144 valence electrons. The van der Waals surface area contributed by atoms with Crippen molar-refractivity contribution in [3.63, 3.8) is 0 Å². The average Bonchev–Trinajstić information content (AvgIpc) is 3.18. The number of hydrogen-bond donors (Lipinski definition) is 0. The lowest BCUT2D eigenvalue weighted by molar-refractivity contribution is -0.132. The monoisotopic (exact) mass is 377 g/mol. The predicted octanol–water partition coefficient (Wildman–Crippen LogP) is 2.64. The van der Waals surface area contributed by atoms with Gasteiger partial charge >= 0.3 is 0 Å². The molecule has 6 heteroatoms. The van der Waals surface area contributed by atoms with E-state index in [4.69, 9.17) is 4.74 Å². The van der Waals surface area contributed by atoms with E-state index in [2.05, 4.69) is 11.1 Å². The molecule has 0 N–H and O–H groups in total. The number of likely N-dealkylation sites (tertiary alicyclic amines) is 1. The summed E-state index contributed by atoms with van der Waals surface area (Å²) in [5.74, 6) is 0.784. The van der Waals surface area contributed by atoms with Crippen LogP contribution < -0.4 is 10.3 Å². The largest absolute Gasteiger partial charge is 0.497 e. The summed E-state index contributed by atoms with van der Waals surface area (Å²) in [6.07, 6.45) is 4.20. The van der Waals surface area contributed by atoms with Gasteiger partial charge in [0.1, 0.15) is 12.3 Å². The highest BCUT2D eigenvalue weighted by Crippen LogP contribution is 2.23. The van der Waals surface area contributed by atoms with E-state index in [-0.39, 0.29) is 24.1 Å². The molecule has 1 atom stereocenters. The average molecular weight is 377 g/mol. The molecule has 0 spiro atoms. The first-order valence-corrected chi connectivity index (χ1v) is 9.52. The Kier molecular flexibility index (Phi) is 5.10. The number of aromatic nitrogens is 2. The van der Waals surface area contributed by atoms with Gasteiger partial charge in [-0.05, 0) is 49.1 Å². The van der Waals surface area contributed by atoms with Crippen LogP contribution in [-0.2, 0) is 17.8 Å². The molecule has 28 heavy (non-hydrogen) atoms. The molecule has 1 unspecified atom stereocenters. The Morgan fingerprint density at radius 1 is 1.21 bits per heavy atom. The van der Waals surface area contributed by atoms with Crippen molar-refractivity contribution in [3.05, 3.63) is 70.8 Å². The molecule has 4 rings (SSSR count). The number of carbonyl (C=O) groups is 1. The molecule has 3 aromatic rings. The van der Waals surface area contributed by atoms with E-state index >= 15 is 0 Å². The lowest BCUT2D eigenvalue weighted by atomic mass is 10.0. The van der Waals surface area contributed by atoms with Crippen LogP contribution in [0.4, 0.5) is 0 Å². The molecular formula is C22H23N3O3. The molecule has 0 saturated carbocycles. The number of ether oxygens (including phenoxy) is 1. The number of benzene rings is 2. The van der Waals surface area contributed by atoms with Gasteiger partial charge in [-0.3, -0.25) is 14.2 Å². The Labute approximate surface area is 163 Å². The first kappa shape index (κ1) is 18.2. The van der Waals surface area contributed by atoms with E-state index in [1.54, 1.807) is 19.2 Å². The molecule has 2 aromatic carbocycles. The summed E-state index contributed by atoms with van der Waals surface area (Å²) < 4.78 is 6.70. The zero-order chi connectivity index (χ0) is 19.5. The molecule has 1 fully saturated rings. The fraction of sp³-hybridized carbons (Fsp3) is 0.318. The van der Waals surface area contributed by atoms with Gasteiger partial charge in [0.25, 0.3) is 5.56 Å². The molecule has 1 aliphatic rings. The van der Waals surface area contributed by atoms with Gasteiger partial charge in [0.15, 0.2) is 0 Å². The zero-order valence-corrected chi connectivity index (χ0v) is 15.9. The quantitative estimate of drug-likeness (QED) is 0.686. The third-order valence-corrected chi connectivity index (χ3v) is 5.34. The second-order valence-electron chi connectivity index (χ2n) is 7.13. The van der Waals surface area contributed by atoms with Crippen LogP contribution in [0.25, 0.3) is 10.9 Å². The van der Waals surface area contributed by atoms with E-state index < -0.39 is 0 Å². The number of carbonyl (C=O) groups excluding carboxylic acids is 1. The molecule has 2 heterocycles. The van der Waals surface area contributed by atoms with Crippen LogP contribution in [-0.4, -0.2) is 40.1 Å². The van der Waals surface area contributed by atoms with E-state index in [9.17, 15) is 9.59 Å². The summed E-state index contributed by atoms with van der Waals surface area (Å²) in [5.41, 5.74) is 1.62. The van der Waals surface area contributed by atoms with E-state index in [0.29, 0.717) is 10.9 Å². The maximum Gasteiger partial charge on any atom is 0.261 e. The lowest BCUT2D eigenvalue weighted by Crippen LogP contribution is -2.40. The van der Waals surface area contributed by atoms with Gasteiger partial charge in [0, 0.05) is 12.6 Å². The Morgan fingerprint density at radius 3 is 2.93 bits per heavy atom. The van der Waals surface area contributed by atoms with Gasteiger partial charge < -0.3 is 9.64 Å². The van der Waals surface area contributed by atoms with Crippen LogP contribution in [0.2, 0.25) is 0 Å². The van der Waals surface area contributed by atoms with Gasteiger partial charge in [-0.15, -0.1) is 0 Å². The maximum atomic E-state index is 12.9. The molecule has 0 bridgehead atoms. The van der Waals surface area contributed by atoms with E-state index in [0.717, 1.165) is 37.1 Å². The second-order valence-corrected chi connectivity index (χ2v) is 7.13. The van der Waals surface area contributed by atoms with Crippen molar-refractivity contribution in [2.24, 2.45) is 0 Å². The zero-order valence-electron chi connectivity index (χ0n) is 15.9. The van der Waals surface area contributed by atoms with E-state index in [1.807, 2.05) is 35.2 Å². The maximum absolute atomic E-state index is 12.9. The molecule has 1 aromatic heterocycles. The minimum absolute atomic E-state index is 0.0191. The topological polar surface area (TPSA) is 64.4 Å². The molecule has 1 amide bonds. The first-order valence-electron chi connectivity index (χ1n) is 9.52. The van der Waals surface area contributed by atoms with Crippen LogP contribution in [0.5, 0.6) is 5.75 Å². The van der Waals surface area contributed by atoms with Gasteiger partial charge in [0.2, 0.25) is 5.91 Å². The SMILES string of the molecule is COc1cccc(CC2CCCN2C(=O)Cn2cnc3ccccc3c2=O)c1. The van der Waals surface area contributed by atoms with Crippen molar-refractivity contribution in [1.29, 1.82) is 0 Å². The number of fused-ring (bicyclic) bond motifs is 1. The molecule has 6 nitrogen and oxygen atoms in total. The third kappa shape index (κ3) is 3.63. The summed E-state index contributed by atoms with van der Waals surface area (Å²) in [4.78, 5) is 31.8. The van der Waals surface area contributed by atoms with E-state index in [1.165, 1.54) is 10.9 Å². The smallest absolute Gasteiger partial charge is 0.261 e. The van der Waals surface area contributed by atoms with Gasteiger partial charge in [-0.25, -0.2) is 4.98 Å². The van der Waals surface area contributed by atoms with Crippen molar-refractivity contribution < 1.29 is 9.53 Å². The molecule has 0 radical (unpaired) electrons. The normalized spacial score (nSPS) is 16.5. The summed E-state index contributed by atoms with van der Waals surface area (Å²) in [7, 11) is 1.65. The second kappa shape index (κ2) is 7.84. The minimum atomic E-state index is -0.178. The Bertz CT molecular complexity index is 1060. The molecule has 1 saturated heterocycles. The summed E-state index contributed by atoms with van der Waals surface area (Å²) >= 11 is 0. The third-order valence-electron chi connectivity index (χ3n) is 5.34. The van der Waals surface area contributed by atoms with Crippen molar-refractivity contribution >= 4 is 16.8 Å². The number of nitrogens with zero attached hydrogens (tertiary/aromatic N) is 3. The van der Waals surface area contributed by atoms with Crippen LogP contribution in [0.1, 0.15) is 18.4 Å². The number of rotatable bonds is 5. The molecule has 1 aliphatic heterocycles. The number of methoxy groups -OCH3 is 1. The number of hydrogen-bond acceptors (Lipinski definition) is 4. The summed E-state index contributed by atoms with van der Waals surface area (Å²) in [6.45, 7) is 0.745. The van der Waals surface area contributed by atoms with Crippen LogP contribution >= 0.6 is 0 Å². The van der Waals surface area contributed by atoms with Gasteiger partial charge in [-0.1, -0.05) is 24.3 Å². The highest BCUT2D eigenvalue weighted by atomic mass is 16.5. The standard InChI is InChI=1S/C22H23N3O3/c1-28-18-8-4-6-16(13-18)12-17-7-5-11-25(17)21(26)14-24-15-23-20-10-3-2-9-19(20)22(24)27/h2-4,6,8-10,13,15,17H,5,7,11-12,14H2,1H3. The minimum Gasteiger partial charge on any atom is -0.497 e. The Morgan fingerprint density at radius 2 is 2.07 bits per heavy atom. The van der Waals surface area contributed by atoms with Gasteiger partial charge in [-0.2, -0.15) is 0 Å². The van der Waals surface area contributed by atoms with Crippen molar-refractivity contribution in [3.8, 4) is 5.75 Å². The van der Waals surface area contributed by atoms with Gasteiger partial charge in [0.05, 0.1) is 24.3 Å². The highest BCUT2D eigenvalue weighted by Gasteiger charge is 2.29. The van der Waals surface area contributed by atoms with Crippen LogP contribution in [0.3, 0.4) is 0 Å². The summed E-state index contributed by atoms with van der Waals surface area (Å²) in [6, 6.07) is 15.3. The van der Waals surface area contributed by atoms with Crippen molar-refractivity contribution in [2.45, 2.75) is 31.8 Å². The lowest BCUT2D eigenvalue weighted by Gasteiger charge is -2.25. The Balaban J connectivity index is 1.51. The van der Waals surface area contributed by atoms with Crippen LogP contribution in [0, 0.1) is 0 Å². The van der Waals surface area contributed by atoms with Crippen molar-refractivity contribution in [2.75, 3.05) is 13.7 Å². The molecule has 0 aliphatic carbocycles. The van der Waals surface area contributed by atoms with Crippen molar-refractivity contribution in [1.82, 2.24) is 14.5 Å². The van der Waals surface area contributed by atoms with Crippen LogP contribution in [0.15, 0.2) is 59.7 Å². The highest BCUT2D eigenvalue weighted by molar-refractivity contribution is 5.79.